The standard InChI is InChI=1S/C25H29ClO4/c1-2-3-4-5-14-29-20-13-12-16(26)15-17(20)23-24-18(27)8-6-10-21(24)30-22-11-7-9-19(28)25(22)23/h12-13,15,23H,2-11,14H2,1H3. The molecule has 5 heteroatoms. The van der Waals surface area contributed by atoms with E-state index >= 15 is 0 Å². The molecule has 0 spiro atoms. The molecule has 0 saturated carbocycles. The number of allylic oxidation sites excluding steroid dienone is 4. The Morgan fingerprint density at radius 2 is 1.63 bits per heavy atom. The lowest BCUT2D eigenvalue weighted by Gasteiger charge is -2.36. The van der Waals surface area contributed by atoms with Gasteiger partial charge in [-0.2, -0.15) is 0 Å². The van der Waals surface area contributed by atoms with Crippen molar-refractivity contribution in [1.82, 2.24) is 0 Å². The molecule has 0 amide bonds. The molecular formula is C25H29ClO4. The van der Waals surface area contributed by atoms with E-state index < -0.39 is 5.92 Å². The fourth-order valence-corrected chi connectivity index (χ4v) is 4.90. The maximum absolute atomic E-state index is 13.0. The summed E-state index contributed by atoms with van der Waals surface area (Å²) in [7, 11) is 0. The third-order valence-corrected chi connectivity index (χ3v) is 6.41. The van der Waals surface area contributed by atoms with Crippen molar-refractivity contribution in [3.05, 3.63) is 51.4 Å². The van der Waals surface area contributed by atoms with Gasteiger partial charge in [0.05, 0.1) is 12.5 Å². The van der Waals surface area contributed by atoms with E-state index in [0.29, 0.717) is 41.4 Å². The predicted octanol–water partition coefficient (Wildman–Crippen LogP) is 6.43. The molecule has 0 saturated heterocycles. The summed E-state index contributed by atoms with van der Waals surface area (Å²) in [6.45, 7) is 2.79. The zero-order valence-electron chi connectivity index (χ0n) is 17.6. The van der Waals surface area contributed by atoms with E-state index in [1.165, 1.54) is 12.8 Å². The van der Waals surface area contributed by atoms with Crippen LogP contribution in [0.25, 0.3) is 0 Å². The second kappa shape index (κ2) is 9.38. The second-order valence-corrected chi connectivity index (χ2v) is 8.79. The van der Waals surface area contributed by atoms with Crippen molar-refractivity contribution in [3.63, 3.8) is 0 Å². The van der Waals surface area contributed by atoms with Crippen molar-refractivity contribution in [2.75, 3.05) is 6.61 Å². The Hall–Kier alpha value is -2.07. The molecule has 0 bridgehead atoms. The van der Waals surface area contributed by atoms with Crippen LogP contribution in [0.4, 0.5) is 0 Å². The lowest BCUT2D eigenvalue weighted by Crippen LogP contribution is -2.30. The van der Waals surface area contributed by atoms with Crippen LogP contribution in [0.3, 0.4) is 0 Å². The van der Waals surface area contributed by atoms with E-state index in [9.17, 15) is 9.59 Å². The van der Waals surface area contributed by atoms with Gasteiger partial charge >= 0.3 is 0 Å². The summed E-state index contributed by atoms with van der Waals surface area (Å²) in [5.41, 5.74) is 2.08. The van der Waals surface area contributed by atoms with Gasteiger partial charge in [-0.25, -0.2) is 0 Å². The van der Waals surface area contributed by atoms with E-state index in [2.05, 4.69) is 6.92 Å². The van der Waals surface area contributed by atoms with Crippen molar-refractivity contribution in [3.8, 4) is 5.75 Å². The maximum atomic E-state index is 13.0. The molecule has 30 heavy (non-hydrogen) atoms. The van der Waals surface area contributed by atoms with E-state index in [1.807, 2.05) is 18.2 Å². The molecule has 0 atom stereocenters. The maximum Gasteiger partial charge on any atom is 0.163 e. The number of halogens is 1. The highest BCUT2D eigenvalue weighted by Crippen LogP contribution is 2.50. The first-order valence-corrected chi connectivity index (χ1v) is 11.6. The Labute approximate surface area is 183 Å². The smallest absolute Gasteiger partial charge is 0.163 e. The Morgan fingerprint density at radius 3 is 2.27 bits per heavy atom. The summed E-state index contributed by atoms with van der Waals surface area (Å²) in [5.74, 6) is 1.88. The van der Waals surface area contributed by atoms with Gasteiger partial charge in [-0.1, -0.05) is 37.8 Å². The van der Waals surface area contributed by atoms with Crippen LogP contribution in [0.15, 0.2) is 40.9 Å². The number of hydrogen-bond acceptors (Lipinski definition) is 4. The number of benzene rings is 1. The van der Waals surface area contributed by atoms with Crippen LogP contribution < -0.4 is 4.74 Å². The van der Waals surface area contributed by atoms with Crippen LogP contribution >= 0.6 is 11.6 Å². The van der Waals surface area contributed by atoms with Gasteiger partial charge in [0.1, 0.15) is 17.3 Å². The van der Waals surface area contributed by atoms with Crippen LogP contribution in [-0.2, 0) is 14.3 Å². The summed E-state index contributed by atoms with van der Waals surface area (Å²) < 4.78 is 12.3. The zero-order chi connectivity index (χ0) is 21.1. The molecule has 0 N–H and O–H groups in total. The average molecular weight is 429 g/mol. The molecule has 0 fully saturated rings. The van der Waals surface area contributed by atoms with Gasteiger partial charge in [-0.05, 0) is 37.5 Å². The minimum Gasteiger partial charge on any atom is -0.493 e. The lowest BCUT2D eigenvalue weighted by atomic mass is 9.73. The number of unbranched alkanes of at least 4 members (excludes halogenated alkanes) is 3. The Kier molecular flexibility index (Phi) is 6.62. The molecule has 0 radical (unpaired) electrons. The molecule has 3 aliphatic rings. The fourth-order valence-electron chi connectivity index (χ4n) is 4.72. The van der Waals surface area contributed by atoms with Crippen LogP contribution in [0.2, 0.25) is 5.02 Å². The number of hydrogen-bond donors (Lipinski definition) is 0. The van der Waals surface area contributed by atoms with E-state index in [1.54, 1.807) is 0 Å². The topological polar surface area (TPSA) is 52.6 Å². The third kappa shape index (κ3) is 4.20. The van der Waals surface area contributed by atoms with Crippen molar-refractivity contribution in [1.29, 1.82) is 0 Å². The van der Waals surface area contributed by atoms with Gasteiger partial charge in [0.25, 0.3) is 0 Å². The predicted molar refractivity (Wildman–Crippen MR) is 117 cm³/mol. The van der Waals surface area contributed by atoms with Crippen LogP contribution in [0.5, 0.6) is 5.75 Å². The summed E-state index contributed by atoms with van der Waals surface area (Å²) in [4.78, 5) is 26.0. The molecule has 1 aliphatic heterocycles. The van der Waals surface area contributed by atoms with Gasteiger partial charge in [-0.3, -0.25) is 9.59 Å². The van der Waals surface area contributed by atoms with Gasteiger partial charge < -0.3 is 9.47 Å². The molecule has 0 unspecified atom stereocenters. The molecule has 2 aliphatic carbocycles. The summed E-state index contributed by atoms with van der Waals surface area (Å²) in [6, 6.07) is 5.54. The first-order chi connectivity index (χ1) is 14.6. The first kappa shape index (κ1) is 21.2. The number of carbonyl (C=O) groups is 2. The molecule has 1 heterocycles. The van der Waals surface area contributed by atoms with Crippen LogP contribution in [-0.4, -0.2) is 18.2 Å². The highest BCUT2D eigenvalue weighted by atomic mass is 35.5. The van der Waals surface area contributed by atoms with Gasteiger partial charge in [-0.15, -0.1) is 0 Å². The van der Waals surface area contributed by atoms with Gasteiger partial charge in [0.15, 0.2) is 11.6 Å². The van der Waals surface area contributed by atoms with Crippen molar-refractivity contribution in [2.24, 2.45) is 0 Å². The molecule has 1 aromatic carbocycles. The molecule has 160 valence electrons. The number of ketones is 2. The number of Topliss-reactive ketones (excluding diaryl/α,β-unsaturated/α-hetero) is 2. The summed E-state index contributed by atoms with van der Waals surface area (Å²) in [5, 5.41) is 0.575. The highest BCUT2D eigenvalue weighted by Gasteiger charge is 2.42. The third-order valence-electron chi connectivity index (χ3n) is 6.18. The van der Waals surface area contributed by atoms with Crippen LogP contribution in [0.1, 0.15) is 82.6 Å². The monoisotopic (exact) mass is 428 g/mol. The first-order valence-electron chi connectivity index (χ1n) is 11.2. The second-order valence-electron chi connectivity index (χ2n) is 8.35. The molecule has 4 nitrogen and oxygen atoms in total. The van der Waals surface area contributed by atoms with Crippen LogP contribution in [0, 0.1) is 0 Å². The van der Waals surface area contributed by atoms with E-state index in [-0.39, 0.29) is 11.6 Å². The van der Waals surface area contributed by atoms with E-state index in [4.69, 9.17) is 21.1 Å². The largest absolute Gasteiger partial charge is 0.493 e. The Bertz CT molecular complexity index is 870. The minimum atomic E-state index is -0.436. The van der Waals surface area contributed by atoms with Gasteiger partial charge in [0.2, 0.25) is 0 Å². The SMILES string of the molecule is CCCCCCOc1ccc(Cl)cc1C1C2=C(CCCC2=O)OC2=C1C(=O)CCC2. The summed E-state index contributed by atoms with van der Waals surface area (Å²) >= 11 is 6.37. The number of carbonyl (C=O) groups excluding carboxylic acids is 2. The quantitative estimate of drug-likeness (QED) is 0.469. The van der Waals surface area contributed by atoms with E-state index in [0.717, 1.165) is 55.6 Å². The Morgan fingerprint density at radius 1 is 0.967 bits per heavy atom. The fraction of sp³-hybridized carbons (Fsp3) is 0.520. The highest BCUT2D eigenvalue weighted by molar-refractivity contribution is 6.30. The number of rotatable bonds is 7. The normalized spacial score (nSPS) is 19.5. The van der Waals surface area contributed by atoms with Crippen molar-refractivity contribution in [2.45, 2.75) is 77.0 Å². The minimum absolute atomic E-state index is 0.0695. The summed E-state index contributed by atoms with van der Waals surface area (Å²) in [6.07, 6.45) is 8.48. The van der Waals surface area contributed by atoms with Gasteiger partial charge in [0, 0.05) is 47.4 Å². The molecule has 1 aromatic rings. The number of ether oxygens (including phenoxy) is 2. The Balaban J connectivity index is 1.75. The van der Waals surface area contributed by atoms with Crippen molar-refractivity contribution < 1.29 is 19.1 Å². The molecule has 0 aromatic heterocycles. The lowest BCUT2D eigenvalue weighted by molar-refractivity contribution is -0.117. The van der Waals surface area contributed by atoms with Crippen molar-refractivity contribution >= 4 is 23.2 Å². The zero-order valence-corrected chi connectivity index (χ0v) is 18.4. The average Bonchev–Trinajstić information content (AvgIpc) is 2.73. The molecule has 4 rings (SSSR count). The molecular weight excluding hydrogens is 400 g/mol.